The highest BCUT2D eigenvalue weighted by atomic mass is 16.5. The van der Waals surface area contributed by atoms with Gasteiger partial charge in [-0.05, 0) is 68.7 Å². The molecule has 0 spiro atoms. The normalized spacial score (nSPS) is 11.2. The number of carboxylic acid groups (broad SMARTS) is 1. The molecule has 0 aliphatic carbocycles. The molecule has 0 saturated carbocycles. The molecule has 0 amide bonds. The molecule has 0 unspecified atom stereocenters. The largest absolute Gasteiger partial charge is 0.478 e. The second kappa shape index (κ2) is 7.87. The third kappa shape index (κ3) is 4.10. The summed E-state index contributed by atoms with van der Waals surface area (Å²) in [5.41, 5.74) is 1.86. The van der Waals surface area contributed by atoms with Crippen molar-refractivity contribution >= 4 is 5.97 Å². The molecule has 30 heavy (non-hydrogen) atoms. The van der Waals surface area contributed by atoms with E-state index in [9.17, 15) is 14.7 Å². The van der Waals surface area contributed by atoms with Crippen LogP contribution >= 0.6 is 0 Å². The highest BCUT2D eigenvalue weighted by molar-refractivity contribution is 5.77. The van der Waals surface area contributed by atoms with E-state index in [0.717, 1.165) is 16.7 Å². The number of aliphatic carboxylic acids is 1. The van der Waals surface area contributed by atoms with Gasteiger partial charge in [0.1, 0.15) is 12.1 Å². The predicted octanol–water partition coefficient (Wildman–Crippen LogP) is 2.81. The first-order valence-corrected chi connectivity index (χ1v) is 9.30. The van der Waals surface area contributed by atoms with Gasteiger partial charge in [0.15, 0.2) is 5.60 Å². The minimum atomic E-state index is -1.35. The Morgan fingerprint density at radius 1 is 1.20 bits per heavy atom. The zero-order valence-corrected chi connectivity index (χ0v) is 17.2. The van der Waals surface area contributed by atoms with Crippen LogP contribution in [0.2, 0.25) is 0 Å². The summed E-state index contributed by atoms with van der Waals surface area (Å²) in [6.45, 7) is 6.98. The van der Waals surface area contributed by atoms with Crippen LogP contribution in [0.3, 0.4) is 0 Å². The molecule has 8 nitrogen and oxygen atoms in total. The Morgan fingerprint density at radius 2 is 1.80 bits per heavy atom. The first kappa shape index (κ1) is 20.9. The van der Waals surface area contributed by atoms with E-state index in [2.05, 4.69) is 5.10 Å². The molecule has 0 saturated heterocycles. The number of carboxylic acids is 1. The second-order valence-electron chi connectivity index (χ2n) is 7.59. The number of aromatic nitrogens is 3. The highest BCUT2D eigenvalue weighted by Gasteiger charge is 2.30. The van der Waals surface area contributed by atoms with Gasteiger partial charge in [-0.25, -0.2) is 9.59 Å². The van der Waals surface area contributed by atoms with Gasteiger partial charge in [-0.1, -0.05) is 12.1 Å². The van der Waals surface area contributed by atoms with Gasteiger partial charge in [0.05, 0.1) is 23.9 Å². The summed E-state index contributed by atoms with van der Waals surface area (Å²) in [6, 6.07) is 12.4. The van der Waals surface area contributed by atoms with E-state index < -0.39 is 11.6 Å². The second-order valence-corrected chi connectivity index (χ2v) is 7.59. The molecule has 8 heteroatoms. The number of rotatable bonds is 6. The van der Waals surface area contributed by atoms with Crippen molar-refractivity contribution in [2.75, 3.05) is 0 Å². The summed E-state index contributed by atoms with van der Waals surface area (Å²) in [4.78, 5) is 24.1. The molecule has 0 radical (unpaired) electrons. The molecular weight excluding hydrogens is 384 g/mol. The molecule has 1 N–H and O–H groups in total. The van der Waals surface area contributed by atoms with Gasteiger partial charge in [0.25, 0.3) is 0 Å². The lowest BCUT2D eigenvalue weighted by molar-refractivity contribution is -0.152. The highest BCUT2D eigenvalue weighted by Crippen LogP contribution is 2.29. The Labute approximate surface area is 173 Å². The van der Waals surface area contributed by atoms with Gasteiger partial charge in [0, 0.05) is 0 Å². The van der Waals surface area contributed by atoms with Crippen LogP contribution in [0.25, 0.3) is 5.69 Å². The lowest BCUT2D eigenvalue weighted by Crippen LogP contribution is -2.38. The number of nitrogens with zero attached hydrogens (tertiary/aromatic N) is 4. The molecule has 0 fully saturated rings. The van der Waals surface area contributed by atoms with E-state index in [4.69, 9.17) is 10.00 Å². The molecule has 2 aromatic carbocycles. The van der Waals surface area contributed by atoms with Crippen molar-refractivity contribution in [2.24, 2.45) is 0 Å². The first-order chi connectivity index (χ1) is 14.1. The zero-order chi connectivity index (χ0) is 22.1. The van der Waals surface area contributed by atoms with Crippen LogP contribution in [0.15, 0.2) is 47.5 Å². The van der Waals surface area contributed by atoms with Gasteiger partial charge >= 0.3 is 11.7 Å². The quantitative estimate of drug-likeness (QED) is 0.674. The van der Waals surface area contributed by atoms with Crippen LogP contribution in [0.5, 0.6) is 5.75 Å². The lowest BCUT2D eigenvalue weighted by atomic mass is 10.0. The van der Waals surface area contributed by atoms with Crippen molar-refractivity contribution in [3.63, 3.8) is 0 Å². The van der Waals surface area contributed by atoms with Crippen LogP contribution in [0.1, 0.15) is 36.1 Å². The SMILES string of the molecule is Cc1cc(Cn2cnn(-c3ccc(C#N)cc3)c2=O)cc(C)c1OC(C)(C)C(=O)O. The number of hydrogen-bond acceptors (Lipinski definition) is 5. The number of benzene rings is 2. The Morgan fingerprint density at radius 3 is 2.33 bits per heavy atom. The summed E-state index contributed by atoms with van der Waals surface area (Å²) in [5, 5.41) is 22.4. The Kier molecular flexibility index (Phi) is 5.47. The third-order valence-corrected chi connectivity index (χ3v) is 4.72. The van der Waals surface area contributed by atoms with Crippen molar-refractivity contribution in [1.29, 1.82) is 5.26 Å². The van der Waals surface area contributed by atoms with Gasteiger partial charge in [0.2, 0.25) is 0 Å². The minimum Gasteiger partial charge on any atom is -0.478 e. The van der Waals surface area contributed by atoms with Crippen molar-refractivity contribution in [2.45, 2.75) is 39.8 Å². The molecule has 0 aliphatic rings. The molecule has 0 bridgehead atoms. The molecule has 1 aromatic heterocycles. The Bertz CT molecular complexity index is 1170. The summed E-state index contributed by atoms with van der Waals surface area (Å²) in [6.07, 6.45) is 1.46. The predicted molar refractivity (Wildman–Crippen MR) is 110 cm³/mol. The number of ether oxygens (including phenoxy) is 1. The van der Waals surface area contributed by atoms with Crippen LogP contribution in [0.4, 0.5) is 0 Å². The van der Waals surface area contributed by atoms with Crippen LogP contribution in [0, 0.1) is 25.2 Å². The van der Waals surface area contributed by atoms with Gasteiger partial charge in [-0.15, -0.1) is 0 Å². The maximum absolute atomic E-state index is 12.7. The maximum atomic E-state index is 12.7. The summed E-state index contributed by atoms with van der Waals surface area (Å²) in [5.74, 6) is -0.529. The molecule has 0 atom stereocenters. The maximum Gasteiger partial charge on any atom is 0.350 e. The molecule has 1 heterocycles. The van der Waals surface area contributed by atoms with Crippen molar-refractivity contribution in [3.05, 3.63) is 75.5 Å². The summed E-state index contributed by atoms with van der Waals surface area (Å²) < 4.78 is 8.48. The van der Waals surface area contributed by atoms with E-state index in [1.807, 2.05) is 32.0 Å². The van der Waals surface area contributed by atoms with Crippen LogP contribution in [-0.4, -0.2) is 31.0 Å². The summed E-state index contributed by atoms with van der Waals surface area (Å²) >= 11 is 0. The summed E-state index contributed by atoms with van der Waals surface area (Å²) in [7, 11) is 0. The fraction of sp³-hybridized carbons (Fsp3) is 0.273. The van der Waals surface area contributed by atoms with Gasteiger partial charge in [-0.2, -0.15) is 15.0 Å². The number of hydrogen-bond donors (Lipinski definition) is 1. The van der Waals surface area contributed by atoms with Crippen molar-refractivity contribution in [1.82, 2.24) is 14.3 Å². The van der Waals surface area contributed by atoms with E-state index >= 15 is 0 Å². The average Bonchev–Trinajstić information content (AvgIpc) is 3.05. The van der Waals surface area contributed by atoms with E-state index in [1.54, 1.807) is 24.3 Å². The van der Waals surface area contributed by atoms with Crippen molar-refractivity contribution < 1.29 is 14.6 Å². The monoisotopic (exact) mass is 406 g/mol. The molecule has 3 aromatic rings. The molecule has 0 aliphatic heterocycles. The van der Waals surface area contributed by atoms with Gasteiger partial charge < -0.3 is 9.84 Å². The Hall–Kier alpha value is -3.86. The smallest absolute Gasteiger partial charge is 0.350 e. The fourth-order valence-electron chi connectivity index (χ4n) is 3.08. The number of nitriles is 1. The number of carbonyl (C=O) groups is 1. The molecular formula is C22H22N4O4. The Balaban J connectivity index is 1.87. The minimum absolute atomic E-state index is 0.303. The molecule has 3 rings (SSSR count). The topological polar surface area (TPSA) is 110 Å². The standard InChI is InChI=1S/C22H22N4O4/c1-14-9-17(10-15(2)19(14)30-22(3,4)20(27)28)12-25-13-24-26(21(25)29)18-7-5-16(11-23)6-8-18/h5-10,13H,12H2,1-4H3,(H,27,28). The zero-order valence-electron chi connectivity index (χ0n) is 17.2. The van der Waals surface area contributed by atoms with Crippen LogP contribution in [-0.2, 0) is 11.3 Å². The van der Waals surface area contributed by atoms with E-state index in [1.165, 1.54) is 29.4 Å². The van der Waals surface area contributed by atoms with Gasteiger partial charge in [-0.3, -0.25) is 4.57 Å². The first-order valence-electron chi connectivity index (χ1n) is 9.30. The van der Waals surface area contributed by atoms with E-state index in [-0.39, 0.29) is 5.69 Å². The van der Waals surface area contributed by atoms with Crippen LogP contribution < -0.4 is 10.4 Å². The lowest BCUT2D eigenvalue weighted by Gasteiger charge is -2.24. The van der Waals surface area contributed by atoms with Crippen molar-refractivity contribution in [3.8, 4) is 17.5 Å². The average molecular weight is 406 g/mol. The third-order valence-electron chi connectivity index (χ3n) is 4.72. The number of aryl methyl sites for hydroxylation is 2. The molecule has 154 valence electrons. The fourth-order valence-corrected chi connectivity index (χ4v) is 3.08. The van der Waals surface area contributed by atoms with E-state index in [0.29, 0.717) is 23.5 Å².